The molecule has 0 spiro atoms. The second-order valence-electron chi connectivity index (χ2n) is 7.34. The lowest BCUT2D eigenvalue weighted by molar-refractivity contribution is -0.134. The fourth-order valence-corrected chi connectivity index (χ4v) is 3.49. The minimum atomic E-state index is -0.620. The zero-order valence-corrected chi connectivity index (χ0v) is 17.9. The Balaban J connectivity index is 1.54. The third-order valence-electron chi connectivity index (χ3n) is 5.18. The van der Waals surface area contributed by atoms with Gasteiger partial charge in [0.15, 0.2) is 6.61 Å². The predicted molar refractivity (Wildman–Crippen MR) is 120 cm³/mol. The highest BCUT2D eigenvalue weighted by molar-refractivity contribution is 6.04. The van der Waals surface area contributed by atoms with Crippen molar-refractivity contribution in [1.82, 2.24) is 15.0 Å². The predicted octanol–water partition coefficient (Wildman–Crippen LogP) is 4.40. The number of ether oxygens (including phenoxy) is 1. The standard InChI is InChI=1S/C25H23N3O4/c1-3-28(15-18-10-6-4-7-11-18)22(29)16-31-25(30)20-14-21(19-12-8-5-9-13-19)26-24-23(20)17(2)27-32-24/h4-14H,3,15-16H2,1-2H3. The molecule has 0 aliphatic carbocycles. The van der Waals surface area contributed by atoms with Crippen LogP contribution < -0.4 is 0 Å². The largest absolute Gasteiger partial charge is 0.452 e. The summed E-state index contributed by atoms with van der Waals surface area (Å²) in [6, 6.07) is 20.8. The fourth-order valence-electron chi connectivity index (χ4n) is 3.49. The average molecular weight is 429 g/mol. The Morgan fingerprint density at radius 3 is 2.41 bits per heavy atom. The van der Waals surface area contributed by atoms with Gasteiger partial charge in [-0.3, -0.25) is 4.79 Å². The van der Waals surface area contributed by atoms with E-state index in [-0.39, 0.29) is 23.8 Å². The number of carbonyl (C=O) groups excluding carboxylic acids is 2. The Bertz CT molecular complexity index is 1240. The lowest BCUT2D eigenvalue weighted by atomic mass is 10.1. The summed E-state index contributed by atoms with van der Waals surface area (Å²) in [5, 5.41) is 4.42. The molecule has 0 saturated carbocycles. The molecule has 162 valence electrons. The van der Waals surface area contributed by atoms with Gasteiger partial charge < -0.3 is 14.2 Å². The molecule has 32 heavy (non-hydrogen) atoms. The third-order valence-corrected chi connectivity index (χ3v) is 5.18. The van der Waals surface area contributed by atoms with E-state index in [4.69, 9.17) is 9.26 Å². The molecule has 0 radical (unpaired) electrons. The Kier molecular flexibility index (Phi) is 6.26. The highest BCUT2D eigenvalue weighted by Crippen LogP contribution is 2.27. The van der Waals surface area contributed by atoms with Crippen LogP contribution in [-0.2, 0) is 16.1 Å². The van der Waals surface area contributed by atoms with E-state index in [2.05, 4.69) is 10.1 Å². The van der Waals surface area contributed by atoms with Gasteiger partial charge in [0.2, 0.25) is 0 Å². The number of aromatic nitrogens is 2. The van der Waals surface area contributed by atoms with Crippen molar-refractivity contribution in [1.29, 1.82) is 0 Å². The van der Waals surface area contributed by atoms with E-state index in [0.717, 1.165) is 11.1 Å². The maximum atomic E-state index is 13.0. The number of fused-ring (bicyclic) bond motifs is 1. The molecule has 7 heteroatoms. The van der Waals surface area contributed by atoms with Crippen LogP contribution >= 0.6 is 0 Å². The van der Waals surface area contributed by atoms with Crippen molar-refractivity contribution in [3.8, 4) is 11.3 Å². The minimum absolute atomic E-state index is 0.251. The molecule has 7 nitrogen and oxygen atoms in total. The number of hydrogen-bond donors (Lipinski definition) is 0. The molecule has 0 atom stereocenters. The van der Waals surface area contributed by atoms with Crippen LogP contribution in [0.4, 0.5) is 0 Å². The van der Waals surface area contributed by atoms with E-state index in [1.54, 1.807) is 17.9 Å². The molecule has 4 rings (SSSR count). The smallest absolute Gasteiger partial charge is 0.339 e. The van der Waals surface area contributed by atoms with E-state index < -0.39 is 5.97 Å². The van der Waals surface area contributed by atoms with Gasteiger partial charge >= 0.3 is 5.97 Å². The molecule has 0 unspecified atom stereocenters. The summed E-state index contributed by atoms with van der Waals surface area (Å²) in [7, 11) is 0. The number of hydrogen-bond acceptors (Lipinski definition) is 6. The van der Waals surface area contributed by atoms with Gasteiger partial charge in [0.25, 0.3) is 11.6 Å². The molecule has 0 N–H and O–H groups in total. The van der Waals surface area contributed by atoms with Gasteiger partial charge in [0, 0.05) is 18.7 Å². The highest BCUT2D eigenvalue weighted by atomic mass is 16.5. The second kappa shape index (κ2) is 9.43. The summed E-state index contributed by atoms with van der Waals surface area (Å²) >= 11 is 0. The lowest BCUT2D eigenvalue weighted by Crippen LogP contribution is -2.34. The number of rotatable bonds is 7. The van der Waals surface area contributed by atoms with E-state index in [0.29, 0.717) is 29.9 Å². The molecular weight excluding hydrogens is 406 g/mol. The van der Waals surface area contributed by atoms with Crippen LogP contribution in [0.1, 0.15) is 28.5 Å². The van der Waals surface area contributed by atoms with E-state index in [1.165, 1.54) is 0 Å². The second-order valence-corrected chi connectivity index (χ2v) is 7.34. The molecule has 0 aliphatic heterocycles. The number of benzene rings is 2. The number of nitrogens with zero attached hydrogens (tertiary/aromatic N) is 3. The zero-order chi connectivity index (χ0) is 22.5. The summed E-state index contributed by atoms with van der Waals surface area (Å²) in [6.07, 6.45) is 0. The van der Waals surface area contributed by atoms with Gasteiger partial charge in [0.1, 0.15) is 0 Å². The number of pyridine rings is 1. The molecule has 0 fully saturated rings. The lowest BCUT2D eigenvalue weighted by Gasteiger charge is -2.21. The van der Waals surface area contributed by atoms with E-state index >= 15 is 0 Å². The first-order valence-electron chi connectivity index (χ1n) is 10.4. The average Bonchev–Trinajstić information content (AvgIpc) is 3.22. The zero-order valence-electron chi connectivity index (χ0n) is 17.9. The highest BCUT2D eigenvalue weighted by Gasteiger charge is 2.22. The molecule has 0 saturated heterocycles. The van der Waals surface area contributed by atoms with Crippen LogP contribution in [0.15, 0.2) is 71.3 Å². The Hall–Kier alpha value is -4.00. The molecule has 2 heterocycles. The SMILES string of the molecule is CCN(Cc1ccccc1)C(=O)COC(=O)c1cc(-c2ccccc2)nc2onc(C)c12. The topological polar surface area (TPSA) is 85.5 Å². The van der Waals surface area contributed by atoms with Crippen molar-refractivity contribution < 1.29 is 18.8 Å². The van der Waals surface area contributed by atoms with Crippen molar-refractivity contribution in [2.24, 2.45) is 0 Å². The van der Waals surface area contributed by atoms with Crippen LogP contribution in [0, 0.1) is 6.92 Å². The fraction of sp³-hybridized carbons (Fsp3) is 0.200. The number of carbonyl (C=O) groups is 2. The third kappa shape index (κ3) is 4.51. The summed E-state index contributed by atoms with van der Waals surface area (Å²) in [4.78, 5) is 31.8. The summed E-state index contributed by atoms with van der Waals surface area (Å²) in [5.41, 5.74) is 3.45. The summed E-state index contributed by atoms with van der Waals surface area (Å²) < 4.78 is 10.7. The normalized spacial score (nSPS) is 10.8. The van der Waals surface area contributed by atoms with Gasteiger partial charge in [-0.2, -0.15) is 0 Å². The van der Waals surface area contributed by atoms with Gasteiger partial charge in [0.05, 0.1) is 22.3 Å². The van der Waals surface area contributed by atoms with Crippen molar-refractivity contribution in [3.63, 3.8) is 0 Å². The van der Waals surface area contributed by atoms with Crippen molar-refractivity contribution in [3.05, 3.63) is 83.6 Å². The van der Waals surface area contributed by atoms with Crippen LogP contribution in [0.2, 0.25) is 0 Å². The summed E-state index contributed by atoms with van der Waals surface area (Å²) in [6.45, 7) is 4.23. The van der Waals surface area contributed by atoms with Gasteiger partial charge in [-0.1, -0.05) is 65.8 Å². The van der Waals surface area contributed by atoms with Gasteiger partial charge in [-0.15, -0.1) is 0 Å². The van der Waals surface area contributed by atoms with Crippen molar-refractivity contribution in [2.75, 3.05) is 13.2 Å². The Labute approximate surface area is 185 Å². The maximum Gasteiger partial charge on any atom is 0.339 e. The molecule has 0 bridgehead atoms. The first-order chi connectivity index (χ1) is 15.6. The molecule has 2 aromatic carbocycles. The molecule has 2 aromatic heterocycles. The van der Waals surface area contributed by atoms with Crippen molar-refractivity contribution >= 4 is 23.0 Å². The number of aryl methyl sites for hydroxylation is 1. The van der Waals surface area contributed by atoms with Crippen molar-refractivity contribution in [2.45, 2.75) is 20.4 Å². The monoisotopic (exact) mass is 429 g/mol. The molecule has 4 aromatic rings. The maximum absolute atomic E-state index is 13.0. The van der Waals surface area contributed by atoms with Crippen LogP contribution in [0.5, 0.6) is 0 Å². The van der Waals surface area contributed by atoms with E-state index in [1.807, 2.05) is 67.6 Å². The van der Waals surface area contributed by atoms with Gasteiger partial charge in [-0.05, 0) is 25.5 Å². The number of likely N-dealkylation sites (N-methyl/N-ethyl adjacent to an activating group) is 1. The van der Waals surface area contributed by atoms with E-state index in [9.17, 15) is 9.59 Å². The number of amides is 1. The molecule has 1 amide bonds. The number of esters is 1. The van der Waals surface area contributed by atoms with Gasteiger partial charge in [-0.25, -0.2) is 9.78 Å². The minimum Gasteiger partial charge on any atom is -0.452 e. The van der Waals surface area contributed by atoms with Crippen LogP contribution in [0.25, 0.3) is 22.4 Å². The first-order valence-corrected chi connectivity index (χ1v) is 10.4. The Morgan fingerprint density at radius 1 is 1.03 bits per heavy atom. The van der Waals surface area contributed by atoms with Crippen LogP contribution in [0.3, 0.4) is 0 Å². The molecular formula is C25H23N3O4. The summed E-state index contributed by atoms with van der Waals surface area (Å²) in [5.74, 6) is -0.884. The van der Waals surface area contributed by atoms with Crippen LogP contribution in [-0.4, -0.2) is 40.1 Å². The molecule has 0 aliphatic rings. The first kappa shape index (κ1) is 21.2. The quantitative estimate of drug-likeness (QED) is 0.405. The Morgan fingerprint density at radius 2 is 1.72 bits per heavy atom.